The minimum atomic E-state index is -1.26. The van der Waals surface area contributed by atoms with Gasteiger partial charge in [0.2, 0.25) is 5.91 Å². The van der Waals surface area contributed by atoms with E-state index in [9.17, 15) is 14.4 Å². The molecule has 1 aliphatic heterocycles. The Morgan fingerprint density at radius 1 is 1.00 bits per heavy atom. The standard InChI is InChI=1S/C21H32N2O2.C4H4O4/c1-4-14-25-15-12-21(24)23-18(2)16-22(17-19(23)3)13-8-11-20-9-6-5-7-10-20;5-3(6)1-2-4(7)8/h5-7,9-10,12,15,18-19H,4,8,11,13-14,16-17H2,1-3H3;1-2H,(H,5,6)(H,7,8)/b;2-1-/t18-,19+;. The molecule has 0 unspecified atom stereocenters. The van der Waals surface area contributed by atoms with Gasteiger partial charge in [0.1, 0.15) is 0 Å². The van der Waals surface area contributed by atoms with Gasteiger partial charge >= 0.3 is 11.9 Å². The third kappa shape index (κ3) is 11.9. The second-order valence-corrected chi connectivity index (χ2v) is 7.98. The predicted molar refractivity (Wildman–Crippen MR) is 127 cm³/mol. The van der Waals surface area contributed by atoms with Crippen molar-refractivity contribution in [1.29, 1.82) is 0 Å². The number of benzene rings is 1. The van der Waals surface area contributed by atoms with Gasteiger partial charge < -0.3 is 19.8 Å². The van der Waals surface area contributed by atoms with Crippen molar-refractivity contribution in [3.8, 4) is 0 Å². The summed E-state index contributed by atoms with van der Waals surface area (Å²) in [6.07, 6.45) is 7.44. The second kappa shape index (κ2) is 15.6. The number of piperazine rings is 1. The van der Waals surface area contributed by atoms with E-state index >= 15 is 0 Å². The van der Waals surface area contributed by atoms with Crippen molar-refractivity contribution in [2.45, 2.75) is 52.1 Å². The Hall–Kier alpha value is -3.13. The molecule has 0 bridgehead atoms. The van der Waals surface area contributed by atoms with E-state index in [-0.39, 0.29) is 18.0 Å². The molecule has 1 heterocycles. The molecule has 2 rings (SSSR count). The summed E-state index contributed by atoms with van der Waals surface area (Å²) in [7, 11) is 0. The molecule has 0 aromatic heterocycles. The largest absolute Gasteiger partial charge is 0.501 e. The van der Waals surface area contributed by atoms with Crippen LogP contribution in [0.2, 0.25) is 0 Å². The molecule has 182 valence electrons. The van der Waals surface area contributed by atoms with Crippen LogP contribution in [0.4, 0.5) is 0 Å². The molecular weight excluding hydrogens is 424 g/mol. The Morgan fingerprint density at radius 3 is 2.09 bits per heavy atom. The van der Waals surface area contributed by atoms with E-state index in [1.165, 1.54) is 11.8 Å². The molecule has 8 heteroatoms. The quantitative estimate of drug-likeness (QED) is 0.314. The summed E-state index contributed by atoms with van der Waals surface area (Å²) in [5, 5.41) is 15.6. The van der Waals surface area contributed by atoms with E-state index < -0.39 is 11.9 Å². The Morgan fingerprint density at radius 2 is 1.58 bits per heavy atom. The molecule has 8 nitrogen and oxygen atoms in total. The highest BCUT2D eigenvalue weighted by Crippen LogP contribution is 2.17. The third-order valence-electron chi connectivity index (χ3n) is 5.03. The molecule has 0 saturated carbocycles. The highest BCUT2D eigenvalue weighted by molar-refractivity contribution is 5.89. The van der Waals surface area contributed by atoms with Gasteiger partial charge in [0, 0.05) is 43.4 Å². The average Bonchev–Trinajstić information content (AvgIpc) is 2.76. The molecule has 2 atom stereocenters. The van der Waals surface area contributed by atoms with Crippen LogP contribution in [0.1, 0.15) is 39.2 Å². The number of hydrogen-bond acceptors (Lipinski definition) is 5. The van der Waals surface area contributed by atoms with Crippen molar-refractivity contribution >= 4 is 17.8 Å². The van der Waals surface area contributed by atoms with Crippen LogP contribution in [0.15, 0.2) is 54.8 Å². The predicted octanol–water partition coefficient (Wildman–Crippen LogP) is 3.19. The lowest BCUT2D eigenvalue weighted by Crippen LogP contribution is -2.58. The molecule has 33 heavy (non-hydrogen) atoms. The molecule has 1 aliphatic rings. The first-order chi connectivity index (χ1) is 15.7. The van der Waals surface area contributed by atoms with Crippen LogP contribution < -0.4 is 0 Å². The maximum atomic E-state index is 12.4. The Balaban J connectivity index is 0.000000582. The number of carbonyl (C=O) groups excluding carboxylic acids is 1. The van der Waals surface area contributed by atoms with Gasteiger partial charge in [-0.15, -0.1) is 0 Å². The van der Waals surface area contributed by atoms with Gasteiger partial charge in [0.05, 0.1) is 12.9 Å². The minimum absolute atomic E-state index is 0.0556. The van der Waals surface area contributed by atoms with Gasteiger partial charge in [-0.05, 0) is 45.2 Å². The number of carbonyl (C=O) groups is 3. The molecule has 0 spiro atoms. The fourth-order valence-electron chi connectivity index (χ4n) is 3.72. The average molecular weight is 461 g/mol. The number of carboxylic acid groups (broad SMARTS) is 2. The number of carboxylic acids is 2. The number of aliphatic carboxylic acids is 2. The number of aryl methyl sites for hydroxylation is 1. The third-order valence-corrected chi connectivity index (χ3v) is 5.03. The molecular formula is C25H36N2O6. The van der Waals surface area contributed by atoms with E-state index in [0.717, 1.165) is 38.9 Å². The molecule has 1 saturated heterocycles. The van der Waals surface area contributed by atoms with Crippen LogP contribution in [-0.2, 0) is 25.5 Å². The van der Waals surface area contributed by atoms with Crippen molar-refractivity contribution in [2.24, 2.45) is 0 Å². The second-order valence-electron chi connectivity index (χ2n) is 7.98. The van der Waals surface area contributed by atoms with Gasteiger partial charge in [0.25, 0.3) is 0 Å². The molecule has 0 aliphatic carbocycles. The van der Waals surface area contributed by atoms with Gasteiger partial charge in [-0.25, -0.2) is 9.59 Å². The smallest absolute Gasteiger partial charge is 0.328 e. The lowest BCUT2D eigenvalue weighted by Gasteiger charge is -2.44. The highest BCUT2D eigenvalue weighted by Gasteiger charge is 2.31. The zero-order chi connectivity index (χ0) is 24.6. The number of hydrogen-bond donors (Lipinski definition) is 2. The Bertz CT molecular complexity index is 765. The maximum absolute atomic E-state index is 12.4. The van der Waals surface area contributed by atoms with Gasteiger partial charge in [-0.3, -0.25) is 9.69 Å². The first-order valence-electron chi connectivity index (χ1n) is 11.2. The summed E-state index contributed by atoms with van der Waals surface area (Å²) in [5.74, 6) is -2.46. The Kier molecular flexibility index (Phi) is 13.2. The van der Waals surface area contributed by atoms with E-state index in [1.807, 2.05) is 4.90 Å². The van der Waals surface area contributed by atoms with E-state index in [2.05, 4.69) is 56.0 Å². The summed E-state index contributed by atoms with van der Waals surface area (Å²) >= 11 is 0. The van der Waals surface area contributed by atoms with Crippen LogP contribution in [0, 0.1) is 0 Å². The van der Waals surface area contributed by atoms with Gasteiger partial charge in [-0.1, -0.05) is 37.3 Å². The Labute approximate surface area is 196 Å². The van der Waals surface area contributed by atoms with E-state index in [0.29, 0.717) is 18.8 Å². The summed E-state index contributed by atoms with van der Waals surface area (Å²) < 4.78 is 5.29. The molecule has 1 amide bonds. The van der Waals surface area contributed by atoms with Crippen molar-refractivity contribution in [3.63, 3.8) is 0 Å². The SMILES string of the molecule is CCCOC=CC(=O)N1[C@H](C)CN(CCCc2ccccc2)C[C@@H]1C.O=C(O)/C=C\C(=O)O. The summed E-state index contributed by atoms with van der Waals surface area (Å²) in [5.41, 5.74) is 1.40. The van der Waals surface area contributed by atoms with Gasteiger partial charge in [0.15, 0.2) is 0 Å². The molecule has 1 aromatic rings. The number of amides is 1. The zero-order valence-electron chi connectivity index (χ0n) is 19.7. The van der Waals surface area contributed by atoms with Crippen LogP contribution in [0.25, 0.3) is 0 Å². The van der Waals surface area contributed by atoms with Crippen LogP contribution in [0.3, 0.4) is 0 Å². The first kappa shape index (κ1) is 27.9. The van der Waals surface area contributed by atoms with Crippen LogP contribution >= 0.6 is 0 Å². The van der Waals surface area contributed by atoms with Crippen molar-refractivity contribution in [3.05, 3.63) is 60.4 Å². The fraction of sp³-hybridized carbons (Fsp3) is 0.480. The van der Waals surface area contributed by atoms with Crippen molar-refractivity contribution in [2.75, 3.05) is 26.2 Å². The number of nitrogens with zero attached hydrogens (tertiary/aromatic N) is 2. The summed E-state index contributed by atoms with van der Waals surface area (Å²) in [4.78, 5) is 36.0. The van der Waals surface area contributed by atoms with Crippen LogP contribution in [0.5, 0.6) is 0 Å². The van der Waals surface area contributed by atoms with E-state index in [4.69, 9.17) is 14.9 Å². The lowest BCUT2D eigenvalue weighted by atomic mass is 10.1. The van der Waals surface area contributed by atoms with Gasteiger partial charge in [-0.2, -0.15) is 0 Å². The normalized spacial score (nSPS) is 18.7. The molecule has 1 fully saturated rings. The van der Waals surface area contributed by atoms with Crippen molar-refractivity contribution < 1.29 is 29.3 Å². The molecule has 1 aromatic carbocycles. The minimum Gasteiger partial charge on any atom is -0.501 e. The monoisotopic (exact) mass is 460 g/mol. The lowest BCUT2D eigenvalue weighted by molar-refractivity contribution is -0.134. The number of ether oxygens (including phenoxy) is 1. The van der Waals surface area contributed by atoms with E-state index in [1.54, 1.807) is 6.08 Å². The topological polar surface area (TPSA) is 107 Å². The van der Waals surface area contributed by atoms with Crippen LogP contribution in [-0.4, -0.2) is 76.2 Å². The fourth-order valence-corrected chi connectivity index (χ4v) is 3.72. The highest BCUT2D eigenvalue weighted by atomic mass is 16.5. The number of rotatable bonds is 10. The maximum Gasteiger partial charge on any atom is 0.328 e. The zero-order valence-corrected chi connectivity index (χ0v) is 19.7. The molecule has 2 N–H and O–H groups in total. The molecule has 0 radical (unpaired) electrons. The van der Waals surface area contributed by atoms with Crippen molar-refractivity contribution in [1.82, 2.24) is 9.80 Å². The first-order valence-corrected chi connectivity index (χ1v) is 11.2. The summed E-state index contributed by atoms with van der Waals surface area (Å²) in [6, 6.07) is 11.1. The summed E-state index contributed by atoms with van der Waals surface area (Å²) in [6.45, 7) is 9.95.